The van der Waals surface area contributed by atoms with Gasteiger partial charge in [-0.05, 0) is 33.6 Å². The van der Waals surface area contributed by atoms with Crippen molar-refractivity contribution in [2.75, 3.05) is 0 Å². The molecule has 5 heteroatoms. The molecule has 1 amide bonds. The minimum atomic E-state index is -0.556. The van der Waals surface area contributed by atoms with E-state index in [0.29, 0.717) is 6.04 Å². The van der Waals surface area contributed by atoms with Crippen molar-refractivity contribution in [2.24, 2.45) is 10.7 Å². The highest BCUT2D eigenvalue weighted by molar-refractivity contribution is 5.93. The average Bonchev–Trinajstić information content (AvgIpc) is 2.64. The number of carbonyl (C=O) groups excluding carboxylic acids is 1. The van der Waals surface area contributed by atoms with E-state index in [1.807, 2.05) is 0 Å². The fourth-order valence-electron chi connectivity index (χ4n) is 0.841. The fourth-order valence-corrected chi connectivity index (χ4v) is 0.841. The summed E-state index contributed by atoms with van der Waals surface area (Å²) >= 11 is 0. The van der Waals surface area contributed by atoms with Gasteiger partial charge in [-0.1, -0.05) is 0 Å². The van der Waals surface area contributed by atoms with Crippen molar-refractivity contribution in [3.8, 4) is 0 Å². The summed E-state index contributed by atoms with van der Waals surface area (Å²) in [7, 11) is 0. The van der Waals surface area contributed by atoms with Gasteiger partial charge in [0.05, 0.1) is 6.04 Å². The second kappa shape index (κ2) is 3.86. The molecule has 0 aromatic carbocycles. The zero-order valence-corrected chi connectivity index (χ0v) is 8.83. The van der Waals surface area contributed by atoms with Crippen molar-refractivity contribution in [1.82, 2.24) is 5.32 Å². The van der Waals surface area contributed by atoms with Crippen molar-refractivity contribution in [1.29, 1.82) is 0 Å². The molecule has 1 aliphatic carbocycles. The second-order valence-electron chi connectivity index (χ2n) is 4.37. The summed E-state index contributed by atoms with van der Waals surface area (Å²) in [6.45, 7) is 5.38. The van der Waals surface area contributed by atoms with E-state index in [-0.39, 0.29) is 5.96 Å². The number of aliphatic imine (C=N–C) groups is 1. The van der Waals surface area contributed by atoms with Gasteiger partial charge in [0, 0.05) is 0 Å². The molecule has 0 atom stereocenters. The van der Waals surface area contributed by atoms with Crippen LogP contribution in [0.5, 0.6) is 0 Å². The van der Waals surface area contributed by atoms with E-state index >= 15 is 0 Å². The predicted molar refractivity (Wildman–Crippen MR) is 54.0 cm³/mol. The molecule has 0 radical (unpaired) electrons. The molecule has 0 unspecified atom stereocenters. The Bertz CT molecular complexity index is 251. The first-order chi connectivity index (χ1) is 6.37. The maximum absolute atomic E-state index is 11.2. The van der Waals surface area contributed by atoms with Crippen molar-refractivity contribution >= 4 is 12.1 Å². The number of ether oxygens (including phenoxy) is 1. The SMILES string of the molecule is CC(C)(C)OC(=O)NC(N)=NC1CC1. The molecule has 80 valence electrons. The van der Waals surface area contributed by atoms with Crippen LogP contribution in [0.1, 0.15) is 33.6 Å². The number of carbonyl (C=O) groups is 1. The number of alkyl carbamates (subject to hydrolysis) is 1. The zero-order valence-electron chi connectivity index (χ0n) is 8.83. The third kappa shape index (κ3) is 4.69. The Balaban J connectivity index is 2.32. The van der Waals surface area contributed by atoms with Crippen molar-refractivity contribution < 1.29 is 9.53 Å². The van der Waals surface area contributed by atoms with Gasteiger partial charge in [0.25, 0.3) is 0 Å². The Hall–Kier alpha value is -1.26. The molecule has 0 aromatic rings. The molecular weight excluding hydrogens is 182 g/mol. The molecule has 1 saturated carbocycles. The van der Waals surface area contributed by atoms with Gasteiger partial charge in [0.2, 0.25) is 0 Å². The highest BCUT2D eigenvalue weighted by Crippen LogP contribution is 2.22. The predicted octanol–water partition coefficient (Wildman–Crippen LogP) is 0.988. The smallest absolute Gasteiger partial charge is 0.414 e. The lowest BCUT2D eigenvalue weighted by molar-refractivity contribution is 0.0562. The number of nitrogens with one attached hydrogen (secondary N) is 1. The number of rotatable bonds is 1. The zero-order chi connectivity index (χ0) is 10.8. The van der Waals surface area contributed by atoms with Gasteiger partial charge >= 0.3 is 6.09 Å². The molecule has 0 aliphatic heterocycles. The molecule has 0 heterocycles. The van der Waals surface area contributed by atoms with Crippen molar-refractivity contribution in [2.45, 2.75) is 45.3 Å². The lowest BCUT2D eigenvalue weighted by Crippen LogP contribution is -2.40. The number of amides is 1. The Kier molecular flexibility index (Phi) is 2.98. The monoisotopic (exact) mass is 199 g/mol. The van der Waals surface area contributed by atoms with Gasteiger partial charge in [-0.15, -0.1) is 0 Å². The molecule has 1 rings (SSSR count). The normalized spacial score (nSPS) is 17.8. The van der Waals surface area contributed by atoms with Gasteiger partial charge in [-0.25, -0.2) is 9.79 Å². The van der Waals surface area contributed by atoms with Crippen LogP contribution in [0, 0.1) is 0 Å². The molecule has 5 nitrogen and oxygen atoms in total. The number of hydrogen-bond acceptors (Lipinski definition) is 3. The van der Waals surface area contributed by atoms with Crippen LogP contribution in [0.25, 0.3) is 0 Å². The van der Waals surface area contributed by atoms with E-state index in [1.165, 1.54) is 0 Å². The minimum absolute atomic E-state index is 0.141. The maximum atomic E-state index is 11.2. The topological polar surface area (TPSA) is 76.7 Å². The van der Waals surface area contributed by atoms with Crippen LogP contribution >= 0.6 is 0 Å². The Morgan fingerprint density at radius 3 is 2.50 bits per heavy atom. The quantitative estimate of drug-likeness (QED) is 0.488. The molecule has 0 spiro atoms. The van der Waals surface area contributed by atoms with Crippen LogP contribution in [0.2, 0.25) is 0 Å². The van der Waals surface area contributed by atoms with Gasteiger partial charge in [-0.2, -0.15) is 0 Å². The van der Waals surface area contributed by atoms with E-state index in [9.17, 15) is 4.79 Å². The second-order valence-corrected chi connectivity index (χ2v) is 4.37. The molecular formula is C9H17N3O2. The lowest BCUT2D eigenvalue weighted by atomic mass is 10.2. The first kappa shape index (κ1) is 10.8. The minimum Gasteiger partial charge on any atom is -0.444 e. The van der Waals surface area contributed by atoms with E-state index in [0.717, 1.165) is 12.8 Å². The number of guanidine groups is 1. The molecule has 1 aliphatic rings. The Labute approximate surface area is 83.7 Å². The molecule has 1 fully saturated rings. The van der Waals surface area contributed by atoms with Gasteiger partial charge in [-0.3, -0.25) is 5.32 Å². The summed E-state index contributed by atoms with van der Waals surface area (Å²) in [6.07, 6.45) is 1.55. The largest absolute Gasteiger partial charge is 0.444 e. The van der Waals surface area contributed by atoms with Crippen LogP contribution < -0.4 is 11.1 Å². The number of nitrogens with zero attached hydrogens (tertiary/aromatic N) is 1. The van der Waals surface area contributed by atoms with Crippen LogP contribution in [-0.4, -0.2) is 23.7 Å². The number of hydrogen-bond donors (Lipinski definition) is 2. The molecule has 14 heavy (non-hydrogen) atoms. The highest BCUT2D eigenvalue weighted by atomic mass is 16.6. The lowest BCUT2D eigenvalue weighted by Gasteiger charge is -2.19. The van der Waals surface area contributed by atoms with E-state index in [1.54, 1.807) is 20.8 Å². The maximum Gasteiger partial charge on any atom is 0.414 e. The summed E-state index contributed by atoms with van der Waals surface area (Å²) in [4.78, 5) is 15.2. The number of nitrogens with two attached hydrogens (primary N) is 1. The Morgan fingerprint density at radius 2 is 2.07 bits per heavy atom. The average molecular weight is 199 g/mol. The summed E-state index contributed by atoms with van der Waals surface area (Å²) in [6, 6.07) is 0.296. The summed E-state index contributed by atoms with van der Waals surface area (Å²) in [5, 5.41) is 2.37. The van der Waals surface area contributed by atoms with Gasteiger partial charge in [0.15, 0.2) is 5.96 Å². The Morgan fingerprint density at radius 1 is 1.50 bits per heavy atom. The molecule has 3 N–H and O–H groups in total. The fraction of sp³-hybridized carbons (Fsp3) is 0.778. The first-order valence-corrected chi connectivity index (χ1v) is 4.70. The molecule has 0 saturated heterocycles. The van der Waals surface area contributed by atoms with Crippen LogP contribution in [-0.2, 0) is 4.74 Å². The first-order valence-electron chi connectivity index (χ1n) is 4.70. The van der Waals surface area contributed by atoms with E-state index in [4.69, 9.17) is 10.5 Å². The summed E-state index contributed by atoms with van der Waals surface area (Å²) in [5.74, 6) is 0.141. The van der Waals surface area contributed by atoms with Crippen LogP contribution in [0.15, 0.2) is 4.99 Å². The summed E-state index contributed by atoms with van der Waals surface area (Å²) in [5.41, 5.74) is 4.96. The van der Waals surface area contributed by atoms with Crippen LogP contribution in [0.3, 0.4) is 0 Å². The standard InChI is InChI=1S/C9H17N3O2/c1-9(2,3)14-8(13)12-7(10)11-6-4-5-6/h6H,4-5H2,1-3H3,(H3,10,11,12,13). The van der Waals surface area contributed by atoms with Gasteiger partial charge in [0.1, 0.15) is 5.60 Å². The third-order valence-corrected chi connectivity index (χ3v) is 1.50. The van der Waals surface area contributed by atoms with Gasteiger partial charge < -0.3 is 10.5 Å². The van der Waals surface area contributed by atoms with E-state index < -0.39 is 11.7 Å². The van der Waals surface area contributed by atoms with Crippen molar-refractivity contribution in [3.05, 3.63) is 0 Å². The summed E-state index contributed by atoms with van der Waals surface area (Å²) < 4.78 is 5.00. The van der Waals surface area contributed by atoms with E-state index in [2.05, 4.69) is 10.3 Å². The highest BCUT2D eigenvalue weighted by Gasteiger charge is 2.22. The van der Waals surface area contributed by atoms with Crippen molar-refractivity contribution in [3.63, 3.8) is 0 Å². The molecule has 0 aromatic heterocycles. The molecule has 0 bridgehead atoms. The third-order valence-electron chi connectivity index (χ3n) is 1.50. The van der Waals surface area contributed by atoms with Crippen LogP contribution in [0.4, 0.5) is 4.79 Å².